The van der Waals surface area contributed by atoms with E-state index in [2.05, 4.69) is 29.6 Å². The molecule has 2 rings (SSSR count). The Morgan fingerprint density at radius 3 is 2.67 bits per heavy atom. The van der Waals surface area contributed by atoms with Gasteiger partial charge in [0.25, 0.3) is 5.91 Å². The first-order valence-corrected chi connectivity index (χ1v) is 8.44. The molecule has 5 heteroatoms. The smallest absolute Gasteiger partial charge is 0.257 e. The van der Waals surface area contributed by atoms with E-state index >= 15 is 0 Å². The molecule has 0 spiro atoms. The second-order valence-electron chi connectivity index (χ2n) is 5.97. The lowest BCUT2D eigenvalue weighted by molar-refractivity contribution is 0.102. The summed E-state index contributed by atoms with van der Waals surface area (Å²) in [4.78, 5) is 14.5. The lowest BCUT2D eigenvalue weighted by atomic mass is 10.1. The number of benzene rings is 2. The van der Waals surface area contributed by atoms with Crippen LogP contribution in [-0.2, 0) is 6.54 Å². The number of carbonyl (C=O) groups is 1. The van der Waals surface area contributed by atoms with E-state index in [1.807, 2.05) is 30.3 Å². The molecule has 0 aromatic heterocycles. The second kappa shape index (κ2) is 9.42. The Labute approximate surface area is 148 Å². The Morgan fingerprint density at radius 2 is 1.92 bits per heavy atom. The van der Waals surface area contributed by atoms with Crippen LogP contribution in [0.25, 0.3) is 0 Å². The summed E-state index contributed by atoms with van der Waals surface area (Å²) in [5, 5.41) is 6.77. The molecule has 0 heterocycles. The third kappa shape index (κ3) is 5.96. The average Bonchev–Trinajstić information content (AvgIpc) is 2.55. The minimum atomic E-state index is -0.198. The van der Waals surface area contributed by atoms with E-state index < -0.39 is 0 Å². The molecular formula is C19H24ClN3O. The van der Waals surface area contributed by atoms with Crippen molar-refractivity contribution in [3.8, 4) is 0 Å². The van der Waals surface area contributed by atoms with Crippen molar-refractivity contribution < 1.29 is 4.79 Å². The first-order valence-electron chi connectivity index (χ1n) is 8.06. The van der Waals surface area contributed by atoms with E-state index in [1.165, 1.54) is 0 Å². The van der Waals surface area contributed by atoms with Crippen LogP contribution in [-0.4, -0.2) is 38.0 Å². The van der Waals surface area contributed by atoms with Crippen molar-refractivity contribution in [1.29, 1.82) is 0 Å². The Balaban J connectivity index is 1.88. The predicted molar refractivity (Wildman–Crippen MR) is 101 cm³/mol. The van der Waals surface area contributed by atoms with Crippen molar-refractivity contribution in [2.75, 3.05) is 32.5 Å². The standard InChI is InChI=1S/C19H24ClN3O/c1-23(2)12-6-11-21-14-15-7-5-8-16(13-15)22-19(24)17-9-3-4-10-18(17)20/h3-5,7-10,13,21H,6,11-12,14H2,1-2H3,(H,22,24). The molecular weight excluding hydrogens is 322 g/mol. The predicted octanol–water partition coefficient (Wildman–Crippen LogP) is 3.63. The molecule has 0 aliphatic rings. The van der Waals surface area contributed by atoms with Crippen molar-refractivity contribution in [2.24, 2.45) is 0 Å². The third-order valence-electron chi connectivity index (χ3n) is 3.59. The summed E-state index contributed by atoms with van der Waals surface area (Å²) in [5.74, 6) is -0.198. The van der Waals surface area contributed by atoms with E-state index in [4.69, 9.17) is 11.6 Å². The Kier molecular flexibility index (Phi) is 7.25. The van der Waals surface area contributed by atoms with E-state index in [0.29, 0.717) is 10.6 Å². The molecule has 0 bridgehead atoms. The van der Waals surface area contributed by atoms with E-state index in [9.17, 15) is 4.79 Å². The Morgan fingerprint density at radius 1 is 1.12 bits per heavy atom. The van der Waals surface area contributed by atoms with Crippen LogP contribution in [0.1, 0.15) is 22.3 Å². The maximum absolute atomic E-state index is 12.3. The van der Waals surface area contributed by atoms with Gasteiger partial charge in [0.2, 0.25) is 0 Å². The number of anilines is 1. The third-order valence-corrected chi connectivity index (χ3v) is 3.92. The molecule has 0 saturated carbocycles. The minimum Gasteiger partial charge on any atom is -0.322 e. The summed E-state index contributed by atoms with van der Waals surface area (Å²) >= 11 is 6.06. The van der Waals surface area contributed by atoms with Gasteiger partial charge in [0.05, 0.1) is 10.6 Å². The summed E-state index contributed by atoms with van der Waals surface area (Å²) in [6.45, 7) is 2.82. The lowest BCUT2D eigenvalue weighted by Crippen LogP contribution is -2.21. The normalized spacial score (nSPS) is 10.8. The summed E-state index contributed by atoms with van der Waals surface area (Å²) in [6.07, 6.45) is 1.11. The topological polar surface area (TPSA) is 44.4 Å². The molecule has 128 valence electrons. The molecule has 0 fully saturated rings. The van der Waals surface area contributed by atoms with Crippen LogP contribution in [0.3, 0.4) is 0 Å². The quantitative estimate of drug-likeness (QED) is 0.718. The van der Waals surface area contributed by atoms with Gasteiger partial charge in [0.15, 0.2) is 0 Å². The van der Waals surface area contributed by atoms with Crippen molar-refractivity contribution in [3.63, 3.8) is 0 Å². The highest BCUT2D eigenvalue weighted by atomic mass is 35.5. The number of rotatable bonds is 8. The van der Waals surface area contributed by atoms with Crippen LogP contribution < -0.4 is 10.6 Å². The fourth-order valence-corrected chi connectivity index (χ4v) is 2.58. The zero-order chi connectivity index (χ0) is 17.4. The highest BCUT2D eigenvalue weighted by molar-refractivity contribution is 6.34. The maximum atomic E-state index is 12.3. The number of hydrogen-bond acceptors (Lipinski definition) is 3. The SMILES string of the molecule is CN(C)CCCNCc1cccc(NC(=O)c2ccccc2Cl)c1. The molecule has 2 aromatic carbocycles. The molecule has 0 saturated heterocycles. The molecule has 2 aromatic rings. The summed E-state index contributed by atoms with van der Waals surface area (Å²) in [5.41, 5.74) is 2.38. The Bertz CT molecular complexity index is 673. The molecule has 0 aliphatic heterocycles. The number of carbonyl (C=O) groups excluding carboxylic acids is 1. The van der Waals surface area contributed by atoms with Crippen LogP contribution >= 0.6 is 11.6 Å². The van der Waals surface area contributed by atoms with E-state index in [-0.39, 0.29) is 5.91 Å². The monoisotopic (exact) mass is 345 g/mol. The molecule has 24 heavy (non-hydrogen) atoms. The molecule has 2 N–H and O–H groups in total. The van der Waals surface area contributed by atoms with Gasteiger partial charge < -0.3 is 15.5 Å². The molecule has 0 unspecified atom stereocenters. The van der Waals surface area contributed by atoms with Gasteiger partial charge in [-0.1, -0.05) is 35.9 Å². The molecule has 0 atom stereocenters. The largest absolute Gasteiger partial charge is 0.322 e. The van der Waals surface area contributed by atoms with Crippen LogP contribution in [0.4, 0.5) is 5.69 Å². The van der Waals surface area contributed by atoms with Gasteiger partial charge in [-0.25, -0.2) is 0 Å². The minimum absolute atomic E-state index is 0.198. The van der Waals surface area contributed by atoms with Gasteiger partial charge >= 0.3 is 0 Å². The van der Waals surface area contributed by atoms with Crippen LogP contribution in [0.5, 0.6) is 0 Å². The van der Waals surface area contributed by atoms with Crippen LogP contribution in [0.2, 0.25) is 5.02 Å². The second-order valence-corrected chi connectivity index (χ2v) is 6.38. The number of amides is 1. The number of halogens is 1. The molecule has 4 nitrogen and oxygen atoms in total. The van der Waals surface area contributed by atoms with Gasteiger partial charge in [0, 0.05) is 12.2 Å². The fourth-order valence-electron chi connectivity index (χ4n) is 2.36. The van der Waals surface area contributed by atoms with Gasteiger partial charge in [-0.2, -0.15) is 0 Å². The highest BCUT2D eigenvalue weighted by Crippen LogP contribution is 2.18. The van der Waals surface area contributed by atoms with Gasteiger partial charge in [-0.3, -0.25) is 4.79 Å². The number of nitrogens with zero attached hydrogens (tertiary/aromatic N) is 1. The van der Waals surface area contributed by atoms with Crippen molar-refractivity contribution in [1.82, 2.24) is 10.2 Å². The van der Waals surface area contributed by atoms with Crippen molar-refractivity contribution in [3.05, 3.63) is 64.7 Å². The van der Waals surface area contributed by atoms with E-state index in [1.54, 1.807) is 18.2 Å². The summed E-state index contributed by atoms with van der Waals surface area (Å²) in [6, 6.07) is 14.9. The summed E-state index contributed by atoms with van der Waals surface area (Å²) in [7, 11) is 4.15. The molecule has 0 aliphatic carbocycles. The van der Waals surface area contributed by atoms with Crippen molar-refractivity contribution >= 4 is 23.2 Å². The zero-order valence-electron chi connectivity index (χ0n) is 14.2. The molecule has 1 amide bonds. The van der Waals surface area contributed by atoms with E-state index in [0.717, 1.165) is 37.3 Å². The summed E-state index contributed by atoms with van der Waals surface area (Å²) < 4.78 is 0. The first kappa shape index (κ1) is 18.5. The van der Waals surface area contributed by atoms with Crippen molar-refractivity contribution in [2.45, 2.75) is 13.0 Å². The van der Waals surface area contributed by atoms with Gasteiger partial charge in [-0.15, -0.1) is 0 Å². The average molecular weight is 346 g/mol. The Hall–Kier alpha value is -1.88. The molecule has 0 radical (unpaired) electrons. The zero-order valence-corrected chi connectivity index (χ0v) is 14.9. The fraction of sp³-hybridized carbons (Fsp3) is 0.316. The number of hydrogen-bond donors (Lipinski definition) is 2. The van der Waals surface area contributed by atoms with Gasteiger partial charge in [-0.05, 0) is 63.4 Å². The highest BCUT2D eigenvalue weighted by Gasteiger charge is 2.09. The van der Waals surface area contributed by atoms with Gasteiger partial charge in [0.1, 0.15) is 0 Å². The van der Waals surface area contributed by atoms with Crippen LogP contribution in [0.15, 0.2) is 48.5 Å². The van der Waals surface area contributed by atoms with Crippen LogP contribution in [0, 0.1) is 0 Å². The number of nitrogens with one attached hydrogen (secondary N) is 2. The maximum Gasteiger partial charge on any atom is 0.257 e. The lowest BCUT2D eigenvalue weighted by Gasteiger charge is -2.11. The first-order chi connectivity index (χ1) is 11.6.